The van der Waals surface area contributed by atoms with Gasteiger partial charge in [0.2, 0.25) is 0 Å². The van der Waals surface area contributed by atoms with Crippen molar-refractivity contribution in [2.45, 2.75) is 31.3 Å². The predicted molar refractivity (Wildman–Crippen MR) is 79.3 cm³/mol. The van der Waals surface area contributed by atoms with Crippen molar-refractivity contribution in [1.82, 2.24) is 19.8 Å². The third-order valence-electron chi connectivity index (χ3n) is 3.82. The zero-order valence-electron chi connectivity index (χ0n) is 12.6. The lowest BCUT2D eigenvalue weighted by Crippen LogP contribution is -2.39. The molecule has 0 spiro atoms. The molecule has 0 unspecified atom stereocenters. The Bertz CT molecular complexity index is 535. The molecule has 2 heterocycles. The van der Waals surface area contributed by atoms with Crippen LogP contribution in [0.25, 0.3) is 0 Å². The van der Waals surface area contributed by atoms with Gasteiger partial charge in [0, 0.05) is 38.9 Å². The van der Waals surface area contributed by atoms with Gasteiger partial charge in [-0.3, -0.25) is 5.10 Å². The number of H-pyrrole nitrogens is 1. The van der Waals surface area contributed by atoms with Gasteiger partial charge in [-0.2, -0.15) is 9.40 Å². The molecule has 21 heavy (non-hydrogen) atoms. The van der Waals surface area contributed by atoms with Crippen LogP contribution in [0.1, 0.15) is 25.3 Å². The molecule has 0 aliphatic carbocycles. The lowest BCUT2D eigenvalue weighted by molar-refractivity contribution is 0.121. The molecule has 0 radical (unpaired) electrons. The summed E-state index contributed by atoms with van der Waals surface area (Å²) in [6, 6.07) is 0. The van der Waals surface area contributed by atoms with E-state index >= 15 is 0 Å². The number of hydrogen-bond donors (Lipinski definition) is 2. The fourth-order valence-corrected chi connectivity index (χ4v) is 4.16. The van der Waals surface area contributed by atoms with Crippen molar-refractivity contribution in [3.8, 4) is 0 Å². The molecule has 1 aromatic rings. The summed E-state index contributed by atoms with van der Waals surface area (Å²) in [6.07, 6.45) is 3.25. The number of nitrogens with one attached hydrogen (secondary N) is 2. The second kappa shape index (κ2) is 7.35. The van der Waals surface area contributed by atoms with E-state index < -0.39 is 10.0 Å². The topological polar surface area (TPSA) is 87.3 Å². The van der Waals surface area contributed by atoms with E-state index in [9.17, 15) is 8.42 Å². The average molecular weight is 316 g/mol. The summed E-state index contributed by atoms with van der Waals surface area (Å²) < 4.78 is 32.1. The Balaban J connectivity index is 2.07. The molecule has 1 aliphatic rings. The number of rotatable bonds is 7. The predicted octanol–water partition coefficient (Wildman–Crippen LogP) is 0.566. The summed E-state index contributed by atoms with van der Waals surface area (Å²) in [5.74, 6) is 0.449. The highest BCUT2D eigenvalue weighted by Gasteiger charge is 2.32. The largest absolute Gasteiger partial charge is 0.384 e. The Labute approximate surface area is 126 Å². The van der Waals surface area contributed by atoms with Crippen LogP contribution in [0.5, 0.6) is 0 Å². The van der Waals surface area contributed by atoms with E-state index in [1.54, 1.807) is 17.6 Å². The number of aromatic nitrogens is 2. The second-order valence-corrected chi connectivity index (χ2v) is 7.18. The summed E-state index contributed by atoms with van der Waals surface area (Å²) >= 11 is 0. The van der Waals surface area contributed by atoms with Crippen molar-refractivity contribution in [1.29, 1.82) is 0 Å². The second-order valence-electron chi connectivity index (χ2n) is 5.31. The summed E-state index contributed by atoms with van der Waals surface area (Å²) in [5.41, 5.74) is 0.691. The maximum absolute atomic E-state index is 12.7. The lowest BCUT2D eigenvalue weighted by atomic mass is 9.99. The van der Waals surface area contributed by atoms with Gasteiger partial charge in [0.25, 0.3) is 10.0 Å². The quantitative estimate of drug-likeness (QED) is 0.768. The van der Waals surface area contributed by atoms with Crippen molar-refractivity contribution in [3.05, 3.63) is 11.8 Å². The fraction of sp³-hybridized carbons (Fsp3) is 0.769. The van der Waals surface area contributed by atoms with Crippen LogP contribution >= 0.6 is 0 Å². The first-order valence-corrected chi connectivity index (χ1v) is 8.75. The smallest absolute Gasteiger partial charge is 0.260 e. The minimum Gasteiger partial charge on any atom is -0.384 e. The minimum absolute atomic E-state index is 0.216. The van der Waals surface area contributed by atoms with Crippen LogP contribution in [0, 0.1) is 5.92 Å². The zero-order valence-corrected chi connectivity index (χ0v) is 13.4. The number of sulfonamides is 1. The Kier molecular flexibility index (Phi) is 5.74. The van der Waals surface area contributed by atoms with Gasteiger partial charge in [0.05, 0.1) is 6.20 Å². The SMILES string of the molecule is CCNCc1cn[nH]c1S(=O)(=O)N1CCC(COC)CC1. The maximum atomic E-state index is 12.7. The molecule has 0 atom stereocenters. The molecular formula is C13H24N4O3S. The molecule has 8 heteroatoms. The number of aromatic amines is 1. The van der Waals surface area contributed by atoms with Crippen LogP contribution in [-0.2, 0) is 21.3 Å². The summed E-state index contributed by atoms with van der Waals surface area (Å²) in [4.78, 5) is 0. The zero-order chi connectivity index (χ0) is 15.3. The van der Waals surface area contributed by atoms with Gasteiger partial charge in [-0.25, -0.2) is 8.42 Å². The van der Waals surface area contributed by atoms with Crippen molar-refractivity contribution in [2.24, 2.45) is 5.92 Å². The van der Waals surface area contributed by atoms with Gasteiger partial charge in [0.15, 0.2) is 5.03 Å². The third-order valence-corrected chi connectivity index (χ3v) is 5.73. The van der Waals surface area contributed by atoms with Crippen LogP contribution in [0.15, 0.2) is 11.2 Å². The fourth-order valence-electron chi connectivity index (χ4n) is 2.59. The van der Waals surface area contributed by atoms with Crippen molar-refractivity contribution >= 4 is 10.0 Å². The van der Waals surface area contributed by atoms with Crippen molar-refractivity contribution < 1.29 is 13.2 Å². The summed E-state index contributed by atoms with van der Waals surface area (Å²) in [5, 5.41) is 9.88. The lowest BCUT2D eigenvalue weighted by Gasteiger charge is -2.30. The molecule has 0 aromatic carbocycles. The average Bonchev–Trinajstić information content (AvgIpc) is 2.95. The number of methoxy groups -OCH3 is 1. The van der Waals surface area contributed by atoms with Gasteiger partial charge in [-0.1, -0.05) is 6.92 Å². The standard InChI is InChI=1S/C13H24N4O3S/c1-3-14-8-12-9-15-16-13(12)21(18,19)17-6-4-11(5-7-17)10-20-2/h9,11,14H,3-8,10H2,1-2H3,(H,15,16). The molecule has 1 aliphatic heterocycles. The maximum Gasteiger partial charge on any atom is 0.260 e. The molecule has 1 aromatic heterocycles. The van der Waals surface area contributed by atoms with Crippen LogP contribution < -0.4 is 5.32 Å². The van der Waals surface area contributed by atoms with E-state index in [4.69, 9.17) is 4.74 Å². The van der Waals surface area contributed by atoms with E-state index in [-0.39, 0.29) is 5.03 Å². The van der Waals surface area contributed by atoms with Crippen LogP contribution in [0.3, 0.4) is 0 Å². The molecule has 2 rings (SSSR count). The normalized spacial score (nSPS) is 18.2. The molecule has 120 valence electrons. The van der Waals surface area contributed by atoms with Gasteiger partial charge in [-0.05, 0) is 25.3 Å². The number of hydrogen-bond acceptors (Lipinski definition) is 5. The molecule has 1 fully saturated rings. The highest BCUT2D eigenvalue weighted by atomic mass is 32.2. The van der Waals surface area contributed by atoms with E-state index in [0.29, 0.717) is 37.7 Å². The monoisotopic (exact) mass is 316 g/mol. The van der Waals surface area contributed by atoms with Crippen LogP contribution in [0.4, 0.5) is 0 Å². The number of ether oxygens (including phenoxy) is 1. The van der Waals surface area contributed by atoms with Gasteiger partial charge in [-0.15, -0.1) is 0 Å². The highest BCUT2D eigenvalue weighted by Crippen LogP contribution is 2.24. The molecule has 7 nitrogen and oxygen atoms in total. The Morgan fingerprint density at radius 3 is 2.81 bits per heavy atom. The Hall–Kier alpha value is -0.960. The van der Waals surface area contributed by atoms with Gasteiger partial charge in [0.1, 0.15) is 0 Å². The third kappa shape index (κ3) is 3.82. The van der Waals surface area contributed by atoms with Crippen LogP contribution in [-0.4, -0.2) is 56.3 Å². The minimum atomic E-state index is -3.48. The Morgan fingerprint density at radius 1 is 1.48 bits per heavy atom. The molecule has 2 N–H and O–H groups in total. The summed E-state index contributed by atoms with van der Waals surface area (Å²) in [6.45, 7) is 5.04. The van der Waals surface area contributed by atoms with Crippen molar-refractivity contribution in [2.75, 3.05) is 33.4 Å². The van der Waals surface area contributed by atoms with Gasteiger partial charge < -0.3 is 10.1 Å². The first-order chi connectivity index (χ1) is 10.1. The van der Waals surface area contributed by atoms with E-state index in [2.05, 4.69) is 15.5 Å². The molecule has 1 saturated heterocycles. The van der Waals surface area contributed by atoms with Crippen molar-refractivity contribution in [3.63, 3.8) is 0 Å². The molecular weight excluding hydrogens is 292 g/mol. The Morgan fingerprint density at radius 2 is 2.19 bits per heavy atom. The van der Waals surface area contributed by atoms with Crippen LogP contribution in [0.2, 0.25) is 0 Å². The molecule has 0 bridgehead atoms. The first-order valence-electron chi connectivity index (χ1n) is 7.31. The van der Waals surface area contributed by atoms with E-state index in [0.717, 1.165) is 19.4 Å². The molecule has 0 saturated carbocycles. The van der Waals surface area contributed by atoms with E-state index in [1.165, 1.54) is 0 Å². The molecule has 0 amide bonds. The first kappa shape index (κ1) is 16.4. The summed E-state index contributed by atoms with van der Waals surface area (Å²) in [7, 11) is -1.80. The number of piperidine rings is 1. The number of nitrogens with zero attached hydrogens (tertiary/aromatic N) is 2. The van der Waals surface area contributed by atoms with Gasteiger partial charge >= 0.3 is 0 Å². The highest BCUT2D eigenvalue weighted by molar-refractivity contribution is 7.89. The van der Waals surface area contributed by atoms with E-state index in [1.807, 2.05) is 6.92 Å².